The van der Waals surface area contributed by atoms with Crippen LogP contribution in [0.4, 0.5) is 5.13 Å². The summed E-state index contributed by atoms with van der Waals surface area (Å²) < 4.78 is 0. The van der Waals surface area contributed by atoms with Crippen molar-refractivity contribution in [2.24, 2.45) is 0 Å². The normalized spacial score (nSPS) is 10.9. The minimum Gasteiger partial charge on any atom is -0.297 e. The Morgan fingerprint density at radius 2 is 2.41 bits per heavy atom. The van der Waals surface area contributed by atoms with Crippen molar-refractivity contribution in [1.82, 2.24) is 15.2 Å². The molecule has 88 valence electrons. The third kappa shape index (κ3) is 3.43. The Bertz CT molecular complexity index is 518. The third-order valence-electron chi connectivity index (χ3n) is 1.86. The number of carbonyl (C=O) groups excluding carboxylic acids is 1. The molecule has 2 aromatic rings. The maximum absolute atomic E-state index is 11.5. The number of thiazole rings is 1. The van der Waals surface area contributed by atoms with E-state index >= 15 is 0 Å². The molecule has 0 fully saturated rings. The van der Waals surface area contributed by atoms with Crippen LogP contribution in [-0.2, 0) is 11.2 Å². The van der Waals surface area contributed by atoms with Crippen LogP contribution in [0.15, 0.2) is 17.0 Å². The van der Waals surface area contributed by atoms with Gasteiger partial charge < -0.3 is 0 Å². The largest absolute Gasteiger partial charge is 0.297 e. The molecule has 1 N–H and O–H groups in total. The Kier molecular flexibility index (Phi) is 3.94. The summed E-state index contributed by atoms with van der Waals surface area (Å²) in [5, 5.41) is 13.7. The van der Waals surface area contributed by atoms with E-state index in [1.807, 2.05) is 12.3 Å². The molecule has 0 radical (unpaired) electrons. The standard InChI is InChI=1S/C10H10N4OS2/c1-2-9-13-14-10(17-9)12-8(15)4-3-7-5-16-6-11-7/h3-6H,2H2,1H3,(H,12,14,15)/b4-3+. The molecule has 17 heavy (non-hydrogen) atoms. The molecule has 0 saturated heterocycles. The van der Waals surface area contributed by atoms with Crippen molar-refractivity contribution in [3.05, 3.63) is 27.7 Å². The maximum atomic E-state index is 11.5. The lowest BCUT2D eigenvalue weighted by Gasteiger charge is -1.93. The van der Waals surface area contributed by atoms with Crippen molar-refractivity contribution in [1.29, 1.82) is 0 Å². The fourth-order valence-electron chi connectivity index (χ4n) is 1.06. The van der Waals surface area contributed by atoms with Crippen LogP contribution >= 0.6 is 22.7 Å². The topological polar surface area (TPSA) is 67.8 Å². The quantitative estimate of drug-likeness (QED) is 0.861. The molecule has 2 heterocycles. The first-order valence-corrected chi connectivity index (χ1v) is 6.73. The van der Waals surface area contributed by atoms with Crippen molar-refractivity contribution in [3.8, 4) is 0 Å². The number of amides is 1. The van der Waals surface area contributed by atoms with E-state index in [0.29, 0.717) is 5.13 Å². The first-order chi connectivity index (χ1) is 8.28. The Balaban J connectivity index is 1.93. The summed E-state index contributed by atoms with van der Waals surface area (Å²) in [4.78, 5) is 15.6. The third-order valence-corrected chi connectivity index (χ3v) is 3.44. The summed E-state index contributed by atoms with van der Waals surface area (Å²) in [6.45, 7) is 1.99. The first-order valence-electron chi connectivity index (χ1n) is 4.97. The number of aryl methyl sites for hydroxylation is 1. The molecule has 1 amide bonds. The van der Waals surface area contributed by atoms with Gasteiger partial charge in [0.25, 0.3) is 0 Å². The van der Waals surface area contributed by atoms with Crippen molar-refractivity contribution in [2.45, 2.75) is 13.3 Å². The van der Waals surface area contributed by atoms with Crippen LogP contribution in [0.2, 0.25) is 0 Å². The lowest BCUT2D eigenvalue weighted by molar-refractivity contribution is -0.111. The van der Waals surface area contributed by atoms with E-state index in [-0.39, 0.29) is 5.91 Å². The summed E-state index contributed by atoms with van der Waals surface area (Å²) in [7, 11) is 0. The molecule has 5 nitrogen and oxygen atoms in total. The van der Waals surface area contributed by atoms with Crippen LogP contribution in [0, 0.1) is 0 Å². The summed E-state index contributed by atoms with van der Waals surface area (Å²) in [6, 6.07) is 0. The van der Waals surface area contributed by atoms with Crippen LogP contribution in [0.5, 0.6) is 0 Å². The highest BCUT2D eigenvalue weighted by Gasteiger charge is 2.04. The number of aromatic nitrogens is 3. The molecule has 0 spiro atoms. The minimum absolute atomic E-state index is 0.225. The summed E-state index contributed by atoms with van der Waals surface area (Å²) in [6.07, 6.45) is 3.91. The van der Waals surface area contributed by atoms with Crippen molar-refractivity contribution >= 4 is 39.8 Å². The Morgan fingerprint density at radius 1 is 1.53 bits per heavy atom. The first kappa shape index (κ1) is 11.9. The zero-order chi connectivity index (χ0) is 12.1. The monoisotopic (exact) mass is 266 g/mol. The zero-order valence-corrected chi connectivity index (χ0v) is 10.7. The van der Waals surface area contributed by atoms with E-state index in [9.17, 15) is 4.79 Å². The van der Waals surface area contributed by atoms with Gasteiger partial charge in [0, 0.05) is 11.5 Å². The molecular formula is C10H10N4OS2. The minimum atomic E-state index is -0.225. The number of hydrogen-bond donors (Lipinski definition) is 1. The second kappa shape index (κ2) is 5.65. The van der Waals surface area contributed by atoms with Crippen LogP contribution in [-0.4, -0.2) is 21.1 Å². The predicted octanol–water partition coefficient (Wildman–Crippen LogP) is 2.21. The van der Waals surface area contributed by atoms with Gasteiger partial charge in [0.05, 0.1) is 11.2 Å². The molecule has 2 rings (SSSR count). The molecule has 0 aliphatic rings. The van der Waals surface area contributed by atoms with Gasteiger partial charge in [0.1, 0.15) is 5.01 Å². The Labute approximate surface area is 106 Å². The van der Waals surface area contributed by atoms with Gasteiger partial charge in [-0.1, -0.05) is 18.3 Å². The second-order valence-corrected chi connectivity index (χ2v) is 4.87. The lowest BCUT2D eigenvalue weighted by Crippen LogP contribution is -2.07. The van der Waals surface area contributed by atoms with Gasteiger partial charge in [-0.15, -0.1) is 21.5 Å². The molecule has 0 atom stereocenters. The number of nitrogens with zero attached hydrogens (tertiary/aromatic N) is 3. The highest BCUT2D eigenvalue weighted by molar-refractivity contribution is 7.15. The van der Waals surface area contributed by atoms with Gasteiger partial charge in [-0.3, -0.25) is 10.1 Å². The average molecular weight is 266 g/mol. The fraction of sp³-hybridized carbons (Fsp3) is 0.200. The average Bonchev–Trinajstić information content (AvgIpc) is 2.97. The highest BCUT2D eigenvalue weighted by Crippen LogP contribution is 2.15. The molecule has 2 aromatic heterocycles. The van der Waals surface area contributed by atoms with Gasteiger partial charge in [-0.25, -0.2) is 4.98 Å². The Morgan fingerprint density at radius 3 is 3.06 bits per heavy atom. The van der Waals surface area contributed by atoms with Crippen LogP contribution in [0.25, 0.3) is 6.08 Å². The van der Waals surface area contributed by atoms with Crippen molar-refractivity contribution < 1.29 is 4.79 Å². The van der Waals surface area contributed by atoms with Gasteiger partial charge in [-0.05, 0) is 12.5 Å². The van der Waals surface area contributed by atoms with E-state index in [1.165, 1.54) is 28.7 Å². The maximum Gasteiger partial charge on any atom is 0.250 e. The molecule has 0 saturated carbocycles. The highest BCUT2D eigenvalue weighted by atomic mass is 32.1. The predicted molar refractivity (Wildman–Crippen MR) is 69.1 cm³/mol. The van der Waals surface area contributed by atoms with Gasteiger partial charge in [0.15, 0.2) is 0 Å². The van der Waals surface area contributed by atoms with E-state index in [4.69, 9.17) is 0 Å². The summed E-state index contributed by atoms with van der Waals surface area (Å²) >= 11 is 2.87. The number of nitrogens with one attached hydrogen (secondary N) is 1. The van der Waals surface area contributed by atoms with Crippen molar-refractivity contribution in [3.63, 3.8) is 0 Å². The SMILES string of the molecule is CCc1nnc(NC(=O)/C=C/c2cscn2)s1. The number of rotatable bonds is 4. The van der Waals surface area contributed by atoms with Crippen LogP contribution < -0.4 is 5.32 Å². The van der Waals surface area contributed by atoms with Gasteiger partial charge in [-0.2, -0.15) is 0 Å². The van der Waals surface area contributed by atoms with E-state index in [1.54, 1.807) is 11.6 Å². The molecule has 0 aromatic carbocycles. The van der Waals surface area contributed by atoms with Crippen LogP contribution in [0.3, 0.4) is 0 Å². The van der Waals surface area contributed by atoms with Crippen molar-refractivity contribution in [2.75, 3.05) is 5.32 Å². The van der Waals surface area contributed by atoms with Gasteiger partial charge >= 0.3 is 0 Å². The molecule has 0 bridgehead atoms. The number of anilines is 1. The Hall–Kier alpha value is -1.60. The fourth-order valence-corrected chi connectivity index (χ4v) is 2.26. The number of carbonyl (C=O) groups is 1. The molecular weight excluding hydrogens is 256 g/mol. The van der Waals surface area contributed by atoms with Crippen LogP contribution in [0.1, 0.15) is 17.6 Å². The molecule has 0 aliphatic carbocycles. The lowest BCUT2D eigenvalue weighted by atomic mass is 10.4. The second-order valence-electron chi connectivity index (χ2n) is 3.09. The summed E-state index contributed by atoms with van der Waals surface area (Å²) in [5.74, 6) is -0.225. The van der Waals surface area contributed by atoms with E-state index in [0.717, 1.165) is 17.1 Å². The zero-order valence-electron chi connectivity index (χ0n) is 9.08. The smallest absolute Gasteiger partial charge is 0.250 e. The summed E-state index contributed by atoms with van der Waals surface area (Å²) in [5.41, 5.74) is 2.49. The van der Waals surface area contributed by atoms with Gasteiger partial charge in [0.2, 0.25) is 11.0 Å². The molecule has 0 unspecified atom stereocenters. The molecule has 0 aliphatic heterocycles. The van der Waals surface area contributed by atoms with E-state index in [2.05, 4.69) is 20.5 Å². The van der Waals surface area contributed by atoms with E-state index < -0.39 is 0 Å². The molecule has 7 heteroatoms. The number of hydrogen-bond acceptors (Lipinski definition) is 6.